The zero-order chi connectivity index (χ0) is 49.7. The van der Waals surface area contributed by atoms with Gasteiger partial charge < -0.3 is 30.6 Å². The van der Waals surface area contributed by atoms with Gasteiger partial charge in [-0.2, -0.15) is 0 Å². The molecule has 4 aromatic rings. The molecular formula is C57H80N2O8Pd. The number of carbonyl (C=O) groups is 2. The second-order valence-electron chi connectivity index (χ2n) is 17.1. The molecule has 0 unspecified atom stereocenters. The van der Waals surface area contributed by atoms with E-state index in [9.17, 15) is 19.8 Å². The second-order valence-corrected chi connectivity index (χ2v) is 17.1. The van der Waals surface area contributed by atoms with Crippen LogP contribution in [0.2, 0.25) is 0 Å². The molecule has 0 saturated carbocycles. The van der Waals surface area contributed by atoms with Crippen molar-refractivity contribution < 1.29 is 60.7 Å². The van der Waals surface area contributed by atoms with Crippen molar-refractivity contribution in [2.75, 3.05) is 0 Å². The maximum absolute atomic E-state index is 11.4. The molecule has 0 aliphatic heterocycles. The molecule has 4 N–H and O–H groups in total. The number of aliphatic imine (C=N–C) groups is 2. The molecule has 0 saturated heterocycles. The molecule has 0 amide bonds. The van der Waals surface area contributed by atoms with Crippen molar-refractivity contribution in [3.8, 4) is 23.0 Å². The summed E-state index contributed by atoms with van der Waals surface area (Å²) < 4.78 is 0. The number of benzene rings is 4. The first-order valence-corrected chi connectivity index (χ1v) is 25.1. The van der Waals surface area contributed by atoms with Crippen LogP contribution in [0.15, 0.2) is 70.6 Å². The largest absolute Gasteiger partial charge is 2.00 e. The minimum atomic E-state index is -1.28. The van der Waals surface area contributed by atoms with E-state index in [0.29, 0.717) is 24.0 Å². The van der Waals surface area contributed by atoms with E-state index in [-0.39, 0.29) is 31.5 Å². The SMILES string of the molecule is CCCCCCCCC(=Nc1ccc(CC)c(CC)c1)C(CCCCC)=Nc1ccc(CC)c(CC)c1.CCCCc1ccc(O)c([O-])c1C(=O)O.CCCCc1ccc(O)c([O-])c1C(=O)O.[Pd+2]. The van der Waals surface area contributed by atoms with Gasteiger partial charge in [0.2, 0.25) is 0 Å². The van der Waals surface area contributed by atoms with Crippen LogP contribution in [0, 0.1) is 0 Å². The van der Waals surface area contributed by atoms with Gasteiger partial charge in [-0.05, 0) is 147 Å². The third-order valence-electron chi connectivity index (χ3n) is 12.0. The Bertz CT molecular complexity index is 2130. The first kappa shape index (κ1) is 61.0. The molecule has 68 heavy (non-hydrogen) atoms. The fraction of sp³-hybridized carbons (Fsp3) is 0.509. The molecule has 11 heteroatoms. The summed E-state index contributed by atoms with van der Waals surface area (Å²) >= 11 is 0. The molecule has 0 bridgehead atoms. The van der Waals surface area contributed by atoms with Crippen LogP contribution >= 0.6 is 0 Å². The summed E-state index contributed by atoms with van der Waals surface area (Å²) in [6, 6.07) is 19.1. The molecule has 0 aliphatic carbocycles. The minimum Gasteiger partial charge on any atom is -0.869 e. The van der Waals surface area contributed by atoms with Crippen molar-refractivity contribution in [3.63, 3.8) is 0 Å². The van der Waals surface area contributed by atoms with E-state index in [1.165, 1.54) is 116 Å². The van der Waals surface area contributed by atoms with Crippen molar-refractivity contribution in [3.05, 3.63) is 105 Å². The van der Waals surface area contributed by atoms with Crippen LogP contribution in [0.4, 0.5) is 11.4 Å². The molecule has 0 fully saturated rings. The maximum Gasteiger partial charge on any atom is 2.00 e. The first-order chi connectivity index (χ1) is 32.2. The van der Waals surface area contributed by atoms with Crippen molar-refractivity contribution in [2.45, 2.75) is 190 Å². The number of hydrogen-bond donors (Lipinski definition) is 4. The van der Waals surface area contributed by atoms with E-state index in [0.717, 1.165) is 75.6 Å². The Kier molecular flexibility index (Phi) is 30.8. The van der Waals surface area contributed by atoms with Gasteiger partial charge in [-0.25, -0.2) is 9.59 Å². The van der Waals surface area contributed by atoms with Crippen molar-refractivity contribution in [1.29, 1.82) is 0 Å². The average molecular weight is 1030 g/mol. The molecule has 0 aliphatic rings. The van der Waals surface area contributed by atoms with E-state index in [1.54, 1.807) is 0 Å². The molecule has 376 valence electrons. The fourth-order valence-electron chi connectivity index (χ4n) is 8.01. The fourth-order valence-corrected chi connectivity index (χ4v) is 8.01. The number of hydrogen-bond acceptors (Lipinski definition) is 8. The number of aryl methyl sites for hydroxylation is 6. The van der Waals surface area contributed by atoms with E-state index >= 15 is 0 Å². The van der Waals surface area contributed by atoms with E-state index in [4.69, 9.17) is 30.4 Å². The summed E-state index contributed by atoms with van der Waals surface area (Å²) in [7, 11) is 0. The molecule has 0 atom stereocenters. The number of carboxylic acids is 2. The number of nitrogens with zero attached hydrogens (tertiary/aromatic N) is 2. The normalized spacial score (nSPS) is 11.2. The predicted octanol–water partition coefficient (Wildman–Crippen LogP) is 14.1. The Hall–Kier alpha value is -4.98. The third kappa shape index (κ3) is 20.3. The van der Waals surface area contributed by atoms with Gasteiger partial charge in [-0.15, -0.1) is 0 Å². The van der Waals surface area contributed by atoms with Crippen molar-refractivity contribution >= 4 is 34.7 Å². The molecule has 10 nitrogen and oxygen atoms in total. The molecule has 0 radical (unpaired) electrons. The van der Waals surface area contributed by atoms with Crippen LogP contribution in [0.1, 0.15) is 206 Å². The molecule has 4 rings (SSSR count). The van der Waals surface area contributed by atoms with Crippen LogP contribution in [-0.2, 0) is 58.9 Å². The molecular weight excluding hydrogens is 947 g/mol. The smallest absolute Gasteiger partial charge is 0.869 e. The number of carboxylic acid groups (broad SMARTS) is 2. The standard InChI is InChI=1S/C35H54N2.2C11H14O4.Pd/c1-7-13-15-16-17-19-21-35(37-33-25-23-29(10-4)31(12-6)27-33)34(20-18-14-8-2)36-32-24-22-28(9-3)30(11-5)26-32;2*1-2-3-4-7-5-6-8(12)10(13)9(7)11(14)15;/h22-27H,7-21H2,1-6H3;2*5-6,12-13H,2-4H2,1H3,(H,14,15);/q;;;+2/p-2. The quantitative estimate of drug-likeness (QED) is 0.0272. The van der Waals surface area contributed by atoms with Crippen LogP contribution < -0.4 is 10.2 Å². The zero-order valence-corrected chi connectivity index (χ0v) is 43.8. The number of rotatable bonds is 26. The van der Waals surface area contributed by atoms with Gasteiger partial charge in [0, 0.05) is 0 Å². The Morgan fingerprint density at radius 1 is 0.441 bits per heavy atom. The average Bonchev–Trinajstić information content (AvgIpc) is 3.32. The van der Waals surface area contributed by atoms with Gasteiger partial charge in [-0.1, -0.05) is 149 Å². The Morgan fingerprint density at radius 2 is 0.765 bits per heavy atom. The molecule has 0 heterocycles. The summed E-state index contributed by atoms with van der Waals surface area (Å²) in [6.45, 7) is 17.5. The van der Waals surface area contributed by atoms with E-state index in [2.05, 4.69) is 77.9 Å². The molecule has 0 spiro atoms. The van der Waals surface area contributed by atoms with Gasteiger partial charge in [0.25, 0.3) is 0 Å². The molecule has 0 aromatic heterocycles. The number of phenols is 2. The van der Waals surface area contributed by atoms with Crippen LogP contribution in [-0.4, -0.2) is 43.8 Å². The first-order valence-electron chi connectivity index (χ1n) is 25.1. The topological polar surface area (TPSA) is 186 Å². The zero-order valence-electron chi connectivity index (χ0n) is 42.3. The predicted molar refractivity (Wildman–Crippen MR) is 273 cm³/mol. The number of aromatic carboxylic acids is 2. The van der Waals surface area contributed by atoms with Crippen molar-refractivity contribution in [2.24, 2.45) is 9.98 Å². The summed E-state index contributed by atoms with van der Waals surface area (Å²) in [5.41, 5.74) is 10.7. The van der Waals surface area contributed by atoms with Gasteiger partial charge >= 0.3 is 32.4 Å². The summed E-state index contributed by atoms with van der Waals surface area (Å²) in [5.74, 6) is -5.16. The monoisotopic (exact) mass is 1030 g/mol. The van der Waals surface area contributed by atoms with Gasteiger partial charge in [0.1, 0.15) is 11.5 Å². The Balaban J connectivity index is 0.000000609. The van der Waals surface area contributed by atoms with Crippen LogP contribution in [0.5, 0.6) is 23.0 Å². The molecule has 4 aromatic carbocycles. The third-order valence-corrected chi connectivity index (χ3v) is 12.0. The van der Waals surface area contributed by atoms with E-state index in [1.807, 2.05) is 13.8 Å². The Labute approximate surface area is 421 Å². The maximum atomic E-state index is 11.4. The van der Waals surface area contributed by atoms with Gasteiger partial charge in [0.15, 0.2) is 0 Å². The second kappa shape index (κ2) is 34.3. The minimum absolute atomic E-state index is 0. The van der Waals surface area contributed by atoms with E-state index < -0.39 is 34.9 Å². The summed E-state index contributed by atoms with van der Waals surface area (Å²) in [5, 5.41) is 58.7. The van der Waals surface area contributed by atoms with Gasteiger partial charge in [0.05, 0.1) is 33.9 Å². The van der Waals surface area contributed by atoms with Crippen LogP contribution in [0.3, 0.4) is 0 Å². The van der Waals surface area contributed by atoms with Crippen molar-refractivity contribution in [1.82, 2.24) is 0 Å². The number of phenolic OH excluding ortho intramolecular Hbond substituents is 2. The van der Waals surface area contributed by atoms with Gasteiger partial charge in [-0.3, -0.25) is 9.98 Å². The summed E-state index contributed by atoms with van der Waals surface area (Å²) in [6.07, 6.45) is 22.3. The number of unbranched alkanes of at least 4 members (excludes halogenated alkanes) is 9. The Morgan fingerprint density at radius 3 is 1.12 bits per heavy atom. The van der Waals surface area contributed by atoms with Crippen LogP contribution in [0.25, 0.3) is 0 Å². The summed E-state index contributed by atoms with van der Waals surface area (Å²) in [4.78, 5) is 32.3. The number of aromatic hydroxyl groups is 2.